The van der Waals surface area contributed by atoms with Crippen molar-refractivity contribution in [1.82, 2.24) is 19.3 Å². The van der Waals surface area contributed by atoms with Crippen LogP contribution in [-0.4, -0.2) is 77.9 Å². The van der Waals surface area contributed by atoms with Gasteiger partial charge in [0.1, 0.15) is 5.52 Å². The van der Waals surface area contributed by atoms with Gasteiger partial charge in [0.05, 0.1) is 32.8 Å². The van der Waals surface area contributed by atoms with Crippen molar-refractivity contribution in [2.45, 2.75) is 52.1 Å². The first-order valence-corrected chi connectivity index (χ1v) is 14.9. The Labute approximate surface area is 244 Å². The van der Waals surface area contributed by atoms with E-state index < -0.39 is 28.1 Å². The molecule has 1 atom stereocenters. The number of nitrogens with zero attached hydrogens (tertiary/aromatic N) is 4. The van der Waals surface area contributed by atoms with E-state index in [4.69, 9.17) is 19.3 Å². The van der Waals surface area contributed by atoms with Gasteiger partial charge in [-0.15, -0.1) is 5.10 Å². The molecule has 3 aromatic rings. The topological polar surface area (TPSA) is 163 Å². The van der Waals surface area contributed by atoms with Crippen molar-refractivity contribution >= 4 is 27.3 Å². The number of hydrogen-bond donors (Lipinski definition) is 2. The van der Waals surface area contributed by atoms with Gasteiger partial charge >= 0.3 is 16.3 Å². The second-order valence-corrected chi connectivity index (χ2v) is 11.3. The zero-order valence-corrected chi connectivity index (χ0v) is 24.9. The summed E-state index contributed by atoms with van der Waals surface area (Å²) in [6.07, 6.45) is 2.65. The van der Waals surface area contributed by atoms with Crippen molar-refractivity contribution in [3.63, 3.8) is 0 Å². The Kier molecular flexibility index (Phi) is 9.91. The average molecular weight is 605 g/mol. The first-order valence-electron chi connectivity index (χ1n) is 13.6. The zero-order chi connectivity index (χ0) is 30.4. The Morgan fingerprint density at radius 3 is 2.64 bits per heavy atom. The first kappa shape index (κ1) is 31.1. The van der Waals surface area contributed by atoms with Crippen molar-refractivity contribution < 1.29 is 41.8 Å². The summed E-state index contributed by atoms with van der Waals surface area (Å²) in [4.78, 5) is 12.9. The molecule has 2 aromatic carbocycles. The molecule has 1 aliphatic rings. The Hall–Kier alpha value is -3.88. The van der Waals surface area contributed by atoms with E-state index in [9.17, 15) is 18.3 Å². The summed E-state index contributed by atoms with van der Waals surface area (Å²) in [6, 6.07) is 7.37. The molecule has 0 saturated carbocycles. The van der Waals surface area contributed by atoms with Crippen molar-refractivity contribution in [2.75, 3.05) is 34.0 Å². The summed E-state index contributed by atoms with van der Waals surface area (Å²) in [5.41, 5.74) is 4.31. The van der Waals surface area contributed by atoms with Gasteiger partial charge in [0.25, 0.3) is 5.95 Å². The number of aliphatic hydroxyl groups is 2. The maximum atomic E-state index is 12.9. The summed E-state index contributed by atoms with van der Waals surface area (Å²) in [5, 5.41) is 27.4. The quantitative estimate of drug-likeness (QED) is 0.218. The Bertz CT molecular complexity index is 1570. The highest BCUT2D eigenvalue weighted by molar-refractivity contribution is 7.84. The molecule has 4 rings (SSSR count). The molecule has 1 aliphatic heterocycles. The Morgan fingerprint density at radius 2 is 1.98 bits per heavy atom. The van der Waals surface area contributed by atoms with Gasteiger partial charge in [-0.2, -0.15) is 12.7 Å². The van der Waals surface area contributed by atoms with Gasteiger partial charge in [-0.3, -0.25) is 4.79 Å². The van der Waals surface area contributed by atoms with E-state index in [2.05, 4.69) is 14.5 Å². The van der Waals surface area contributed by atoms with Crippen molar-refractivity contribution in [3.8, 4) is 11.5 Å². The Balaban J connectivity index is 1.82. The third kappa shape index (κ3) is 6.61. The number of aliphatic hydroxyl groups excluding tert-OH is 2. The SMILES string of the molecule is CCOC(=O)CC(c1cc(CN2CC=C(O)OS2(=O)=O)c(OC)c(OC)c1)c1ccc2c(nnn2CCCCO)c1C. The van der Waals surface area contributed by atoms with Crippen LogP contribution in [0.25, 0.3) is 11.0 Å². The second-order valence-electron chi connectivity index (χ2n) is 9.74. The Morgan fingerprint density at radius 1 is 1.19 bits per heavy atom. The van der Waals surface area contributed by atoms with Crippen LogP contribution in [0.3, 0.4) is 0 Å². The van der Waals surface area contributed by atoms with Crippen LogP contribution in [0.15, 0.2) is 36.3 Å². The van der Waals surface area contributed by atoms with Crippen LogP contribution in [0, 0.1) is 6.92 Å². The van der Waals surface area contributed by atoms with E-state index in [1.807, 2.05) is 19.1 Å². The van der Waals surface area contributed by atoms with E-state index in [0.29, 0.717) is 41.1 Å². The molecule has 2 N–H and O–H groups in total. The molecule has 0 aliphatic carbocycles. The number of aromatic nitrogens is 3. The van der Waals surface area contributed by atoms with Crippen LogP contribution in [0.4, 0.5) is 0 Å². The molecule has 0 fully saturated rings. The number of fused-ring (bicyclic) bond motifs is 1. The number of esters is 1. The van der Waals surface area contributed by atoms with Gasteiger partial charge in [-0.05, 0) is 61.6 Å². The van der Waals surface area contributed by atoms with Crippen molar-refractivity contribution in [1.29, 1.82) is 0 Å². The van der Waals surface area contributed by atoms with Gasteiger partial charge in [0.2, 0.25) is 0 Å². The molecular formula is C28H36N4O9S. The van der Waals surface area contributed by atoms with E-state index in [1.54, 1.807) is 23.7 Å². The summed E-state index contributed by atoms with van der Waals surface area (Å²) >= 11 is 0. The third-order valence-corrected chi connectivity index (χ3v) is 8.41. The second kappa shape index (κ2) is 13.4. The van der Waals surface area contributed by atoms with Gasteiger partial charge < -0.3 is 28.6 Å². The zero-order valence-electron chi connectivity index (χ0n) is 24.1. The number of aryl methyl sites for hydroxylation is 2. The molecule has 0 saturated heterocycles. The molecule has 42 heavy (non-hydrogen) atoms. The lowest BCUT2D eigenvalue weighted by molar-refractivity contribution is -0.143. The molecule has 0 spiro atoms. The minimum Gasteiger partial charge on any atom is -0.493 e. The fourth-order valence-corrected chi connectivity index (χ4v) is 6.02. The highest BCUT2D eigenvalue weighted by Gasteiger charge is 2.31. The molecule has 14 heteroatoms. The molecule has 13 nitrogen and oxygen atoms in total. The summed E-state index contributed by atoms with van der Waals surface area (Å²) in [5.74, 6) is -0.928. The normalized spacial score (nSPS) is 15.6. The minimum absolute atomic E-state index is 0.00147. The summed E-state index contributed by atoms with van der Waals surface area (Å²) in [7, 11) is -1.33. The van der Waals surface area contributed by atoms with Crippen LogP contribution < -0.4 is 9.47 Å². The van der Waals surface area contributed by atoms with Crippen LogP contribution in [-0.2, 0) is 37.1 Å². The number of benzene rings is 2. The summed E-state index contributed by atoms with van der Waals surface area (Å²) in [6.45, 7) is 4.33. The number of hydrogen-bond acceptors (Lipinski definition) is 11. The lowest BCUT2D eigenvalue weighted by Gasteiger charge is -2.26. The molecular weight excluding hydrogens is 568 g/mol. The molecule has 2 heterocycles. The van der Waals surface area contributed by atoms with E-state index in [-0.39, 0.29) is 32.7 Å². The third-order valence-electron chi connectivity index (χ3n) is 7.12. The smallest absolute Gasteiger partial charge is 0.388 e. The van der Waals surface area contributed by atoms with E-state index in [1.165, 1.54) is 20.3 Å². The van der Waals surface area contributed by atoms with Gasteiger partial charge in [0, 0.05) is 43.8 Å². The predicted octanol–water partition coefficient (Wildman–Crippen LogP) is 3.09. The molecule has 1 aromatic heterocycles. The maximum Gasteiger partial charge on any atom is 0.388 e. The van der Waals surface area contributed by atoms with Gasteiger partial charge in [0.15, 0.2) is 11.5 Å². The largest absolute Gasteiger partial charge is 0.493 e. The molecule has 0 amide bonds. The minimum atomic E-state index is -4.25. The standard InChI is InChI=1S/C28H36N4O9S/c1-5-40-26(35)16-22(21-8-9-23-27(18(21)2)29-30-32(23)11-6-7-13-33)19-14-20(28(39-4)24(15-19)38-3)17-31-12-10-25(34)41-42(31,36)37/h8-10,14-15,22,33-34H,5-7,11-13,16-17H2,1-4H3. The molecule has 0 radical (unpaired) electrons. The maximum absolute atomic E-state index is 12.9. The highest BCUT2D eigenvalue weighted by atomic mass is 32.2. The van der Waals surface area contributed by atoms with Gasteiger partial charge in [-0.1, -0.05) is 11.3 Å². The fraction of sp³-hybridized carbons (Fsp3) is 0.464. The summed E-state index contributed by atoms with van der Waals surface area (Å²) < 4.78 is 49.2. The van der Waals surface area contributed by atoms with E-state index >= 15 is 0 Å². The number of unbranched alkanes of at least 4 members (excludes halogenated alkanes) is 1. The monoisotopic (exact) mass is 604 g/mol. The van der Waals surface area contributed by atoms with Crippen molar-refractivity contribution in [2.24, 2.45) is 0 Å². The number of methoxy groups -OCH3 is 2. The lowest BCUT2D eigenvalue weighted by Crippen LogP contribution is -2.35. The van der Waals surface area contributed by atoms with Crippen LogP contribution in [0.1, 0.15) is 54.4 Å². The number of rotatable bonds is 13. The molecule has 0 bridgehead atoms. The van der Waals surface area contributed by atoms with Crippen LogP contribution in [0.5, 0.6) is 11.5 Å². The predicted molar refractivity (Wildman–Crippen MR) is 152 cm³/mol. The van der Waals surface area contributed by atoms with E-state index in [0.717, 1.165) is 27.4 Å². The molecule has 228 valence electrons. The molecule has 1 unspecified atom stereocenters. The highest BCUT2D eigenvalue weighted by Crippen LogP contribution is 2.41. The van der Waals surface area contributed by atoms with Crippen LogP contribution in [0.2, 0.25) is 0 Å². The average Bonchev–Trinajstić information content (AvgIpc) is 3.37. The number of carbonyl (C=O) groups excluding carboxylic acids is 1. The lowest BCUT2D eigenvalue weighted by atomic mass is 9.84. The van der Waals surface area contributed by atoms with Crippen molar-refractivity contribution in [3.05, 3.63) is 58.5 Å². The van der Waals surface area contributed by atoms with Gasteiger partial charge in [-0.25, -0.2) is 4.68 Å². The fourth-order valence-electron chi connectivity index (χ4n) is 5.08. The number of ether oxygens (including phenoxy) is 3. The first-order chi connectivity index (χ1) is 20.1. The van der Waals surface area contributed by atoms with Crippen LogP contribution >= 0.6 is 0 Å². The number of carbonyl (C=O) groups is 1.